The van der Waals surface area contributed by atoms with Gasteiger partial charge in [0.05, 0.1) is 13.2 Å². The monoisotopic (exact) mass is 315 g/mol. The van der Waals surface area contributed by atoms with Gasteiger partial charge in [-0.25, -0.2) is 0 Å². The summed E-state index contributed by atoms with van der Waals surface area (Å²) in [5.74, 6) is -0.0509. The molecule has 0 bridgehead atoms. The van der Waals surface area contributed by atoms with Crippen LogP contribution in [0.15, 0.2) is 42.5 Å². The first kappa shape index (κ1) is 17.0. The lowest BCUT2D eigenvalue weighted by Gasteiger charge is -2.20. The second-order valence-corrected chi connectivity index (χ2v) is 5.34. The molecule has 0 fully saturated rings. The van der Waals surface area contributed by atoms with Crippen LogP contribution < -0.4 is 0 Å². The Kier molecular flexibility index (Phi) is 5.73. The SMILES string of the molecule is Cc1ccc(O)c(-c2ccc(C(=O)N(CCO)CCO)cc2)c1. The summed E-state index contributed by atoms with van der Waals surface area (Å²) < 4.78 is 0. The summed E-state index contributed by atoms with van der Waals surface area (Å²) in [6.45, 7) is 2.00. The fourth-order valence-electron chi connectivity index (χ4n) is 2.41. The van der Waals surface area contributed by atoms with Crippen LogP contribution in [0.25, 0.3) is 11.1 Å². The Morgan fingerprint density at radius 3 is 2.17 bits per heavy atom. The van der Waals surface area contributed by atoms with E-state index in [2.05, 4.69) is 0 Å². The molecule has 0 atom stereocenters. The highest BCUT2D eigenvalue weighted by Crippen LogP contribution is 2.30. The van der Waals surface area contributed by atoms with Gasteiger partial charge in [-0.3, -0.25) is 4.79 Å². The van der Waals surface area contributed by atoms with Crippen molar-refractivity contribution in [2.24, 2.45) is 0 Å². The maximum absolute atomic E-state index is 12.3. The number of aromatic hydroxyl groups is 1. The minimum atomic E-state index is -0.242. The third kappa shape index (κ3) is 4.09. The van der Waals surface area contributed by atoms with Crippen molar-refractivity contribution < 1.29 is 20.1 Å². The van der Waals surface area contributed by atoms with Crippen molar-refractivity contribution in [3.05, 3.63) is 53.6 Å². The first-order valence-corrected chi connectivity index (χ1v) is 7.48. The molecule has 2 aromatic rings. The number of hydrogen-bond acceptors (Lipinski definition) is 4. The molecule has 0 spiro atoms. The van der Waals surface area contributed by atoms with Gasteiger partial charge >= 0.3 is 0 Å². The van der Waals surface area contributed by atoms with E-state index in [4.69, 9.17) is 10.2 Å². The van der Waals surface area contributed by atoms with E-state index < -0.39 is 0 Å². The molecule has 0 saturated heterocycles. The lowest BCUT2D eigenvalue weighted by Crippen LogP contribution is -2.35. The number of rotatable bonds is 6. The summed E-state index contributed by atoms with van der Waals surface area (Å²) in [6.07, 6.45) is 0. The van der Waals surface area contributed by atoms with Crippen LogP contribution in [0.2, 0.25) is 0 Å². The maximum Gasteiger partial charge on any atom is 0.254 e. The van der Waals surface area contributed by atoms with E-state index in [9.17, 15) is 9.90 Å². The Hall–Kier alpha value is -2.37. The molecule has 0 aliphatic heterocycles. The molecule has 0 saturated carbocycles. The Balaban J connectivity index is 2.24. The zero-order valence-corrected chi connectivity index (χ0v) is 13.1. The van der Waals surface area contributed by atoms with Crippen molar-refractivity contribution in [1.29, 1.82) is 0 Å². The molecule has 5 nitrogen and oxygen atoms in total. The minimum absolute atomic E-state index is 0.152. The average molecular weight is 315 g/mol. The number of hydrogen-bond donors (Lipinski definition) is 3. The van der Waals surface area contributed by atoms with E-state index >= 15 is 0 Å². The third-order valence-corrected chi connectivity index (χ3v) is 3.62. The zero-order chi connectivity index (χ0) is 16.8. The van der Waals surface area contributed by atoms with Crippen LogP contribution in [-0.4, -0.2) is 52.4 Å². The van der Waals surface area contributed by atoms with Gasteiger partial charge < -0.3 is 20.2 Å². The lowest BCUT2D eigenvalue weighted by molar-refractivity contribution is 0.0685. The first-order chi connectivity index (χ1) is 11.1. The second kappa shape index (κ2) is 7.76. The number of aryl methyl sites for hydroxylation is 1. The van der Waals surface area contributed by atoms with Crippen molar-refractivity contribution >= 4 is 5.91 Å². The van der Waals surface area contributed by atoms with Crippen LogP contribution in [0.5, 0.6) is 5.75 Å². The topological polar surface area (TPSA) is 81.0 Å². The summed E-state index contributed by atoms with van der Waals surface area (Å²) >= 11 is 0. The Bertz CT molecular complexity index is 661. The number of benzene rings is 2. The number of carbonyl (C=O) groups is 1. The lowest BCUT2D eigenvalue weighted by atomic mass is 10.0. The summed E-state index contributed by atoms with van der Waals surface area (Å²) in [5.41, 5.74) is 3.04. The summed E-state index contributed by atoms with van der Waals surface area (Å²) in [7, 11) is 0. The minimum Gasteiger partial charge on any atom is -0.507 e. The zero-order valence-electron chi connectivity index (χ0n) is 13.1. The molecule has 0 unspecified atom stereocenters. The first-order valence-electron chi connectivity index (χ1n) is 7.48. The molecular weight excluding hydrogens is 294 g/mol. The molecule has 0 heterocycles. The smallest absolute Gasteiger partial charge is 0.254 e. The molecule has 23 heavy (non-hydrogen) atoms. The molecule has 5 heteroatoms. The van der Waals surface area contributed by atoms with Crippen LogP contribution in [0.1, 0.15) is 15.9 Å². The number of carbonyl (C=O) groups excluding carboxylic acids is 1. The molecule has 0 aromatic heterocycles. The number of amides is 1. The van der Waals surface area contributed by atoms with E-state index in [0.29, 0.717) is 11.1 Å². The number of aliphatic hydroxyl groups is 2. The highest BCUT2D eigenvalue weighted by atomic mass is 16.3. The van der Waals surface area contributed by atoms with Crippen LogP contribution in [-0.2, 0) is 0 Å². The van der Waals surface area contributed by atoms with Crippen LogP contribution in [0.4, 0.5) is 0 Å². The Morgan fingerprint density at radius 1 is 1.00 bits per heavy atom. The van der Waals surface area contributed by atoms with Crippen molar-refractivity contribution in [2.45, 2.75) is 6.92 Å². The van der Waals surface area contributed by atoms with Gasteiger partial charge in [-0.15, -0.1) is 0 Å². The van der Waals surface area contributed by atoms with E-state index in [1.165, 1.54) is 4.90 Å². The van der Waals surface area contributed by atoms with Crippen molar-refractivity contribution in [3.8, 4) is 16.9 Å². The molecule has 2 rings (SSSR count). The summed E-state index contributed by atoms with van der Waals surface area (Å²) in [4.78, 5) is 13.7. The summed E-state index contributed by atoms with van der Waals surface area (Å²) in [6, 6.07) is 12.3. The molecular formula is C18H21NO4. The van der Waals surface area contributed by atoms with E-state index in [1.54, 1.807) is 30.3 Å². The quantitative estimate of drug-likeness (QED) is 0.759. The van der Waals surface area contributed by atoms with E-state index in [-0.39, 0.29) is 38.0 Å². The van der Waals surface area contributed by atoms with Crippen molar-refractivity contribution in [3.63, 3.8) is 0 Å². The number of phenols is 1. The maximum atomic E-state index is 12.3. The van der Waals surface area contributed by atoms with Gasteiger partial charge in [0.15, 0.2) is 0 Å². The summed E-state index contributed by atoms with van der Waals surface area (Å²) in [5, 5.41) is 28.0. The fraction of sp³-hybridized carbons (Fsp3) is 0.278. The fourth-order valence-corrected chi connectivity index (χ4v) is 2.41. The van der Waals surface area contributed by atoms with E-state index in [0.717, 1.165) is 11.1 Å². The second-order valence-electron chi connectivity index (χ2n) is 5.34. The van der Waals surface area contributed by atoms with E-state index in [1.807, 2.05) is 19.1 Å². The predicted octanol–water partition coefficient (Wildman–Crippen LogP) is 1.79. The predicted molar refractivity (Wildman–Crippen MR) is 88.4 cm³/mol. The Morgan fingerprint density at radius 2 is 1.61 bits per heavy atom. The van der Waals surface area contributed by atoms with Gasteiger partial charge in [0.25, 0.3) is 5.91 Å². The van der Waals surface area contributed by atoms with Gasteiger partial charge in [0.2, 0.25) is 0 Å². The average Bonchev–Trinajstić information content (AvgIpc) is 2.56. The number of aliphatic hydroxyl groups excluding tert-OH is 2. The Labute approximate surface area is 135 Å². The van der Waals surface area contributed by atoms with Crippen LogP contribution >= 0.6 is 0 Å². The highest BCUT2D eigenvalue weighted by Gasteiger charge is 2.15. The number of phenolic OH excluding ortho intramolecular Hbond substituents is 1. The van der Waals surface area contributed by atoms with Crippen molar-refractivity contribution in [1.82, 2.24) is 4.90 Å². The van der Waals surface area contributed by atoms with Crippen molar-refractivity contribution in [2.75, 3.05) is 26.3 Å². The molecule has 3 N–H and O–H groups in total. The van der Waals surface area contributed by atoms with Gasteiger partial charge in [-0.2, -0.15) is 0 Å². The largest absolute Gasteiger partial charge is 0.507 e. The number of nitrogens with zero attached hydrogens (tertiary/aromatic N) is 1. The third-order valence-electron chi connectivity index (χ3n) is 3.62. The van der Waals surface area contributed by atoms with Gasteiger partial charge in [0.1, 0.15) is 5.75 Å². The highest BCUT2D eigenvalue weighted by molar-refractivity contribution is 5.94. The molecule has 1 amide bonds. The molecule has 0 aliphatic carbocycles. The standard InChI is InChI=1S/C18H21NO4/c1-13-2-7-17(22)16(12-13)14-3-5-15(6-4-14)18(23)19(8-10-20)9-11-21/h2-7,12,20-22H,8-11H2,1H3. The molecule has 2 aromatic carbocycles. The molecule has 0 radical (unpaired) electrons. The van der Waals surface area contributed by atoms with Crippen LogP contribution in [0, 0.1) is 6.92 Å². The normalized spacial score (nSPS) is 10.6. The van der Waals surface area contributed by atoms with Crippen LogP contribution in [0.3, 0.4) is 0 Å². The van der Waals surface area contributed by atoms with Gasteiger partial charge in [0, 0.05) is 24.2 Å². The van der Waals surface area contributed by atoms with Gasteiger partial charge in [-0.05, 0) is 36.8 Å². The molecule has 0 aliphatic rings. The molecule has 122 valence electrons. The van der Waals surface area contributed by atoms with Gasteiger partial charge in [-0.1, -0.05) is 23.8 Å².